The molecule has 0 atom stereocenters. The third-order valence-corrected chi connectivity index (χ3v) is 3.37. The molecule has 0 unspecified atom stereocenters. The molecule has 0 bridgehead atoms. The smallest absolute Gasteiger partial charge is 0.146 e. The van der Waals surface area contributed by atoms with E-state index in [0.29, 0.717) is 0 Å². The van der Waals surface area contributed by atoms with Crippen LogP contribution in [0.4, 0.5) is 0 Å². The zero-order valence-corrected chi connectivity index (χ0v) is 10.8. The number of aryl methyl sites for hydroxylation is 1. The molecule has 0 fully saturated rings. The summed E-state index contributed by atoms with van der Waals surface area (Å²) >= 11 is 3.47. The Bertz CT molecular complexity index is 688. The highest BCUT2D eigenvalue weighted by molar-refractivity contribution is 9.10. The van der Waals surface area contributed by atoms with E-state index in [2.05, 4.69) is 45.0 Å². The lowest BCUT2D eigenvalue weighted by atomic mass is 10.1. The van der Waals surface area contributed by atoms with Crippen molar-refractivity contribution in [2.24, 2.45) is 0 Å². The lowest BCUT2D eigenvalue weighted by Crippen LogP contribution is -1.91. The molecule has 0 aliphatic carbocycles. The molecular formula is C13H10BrN3. The molecule has 0 N–H and O–H groups in total. The van der Waals surface area contributed by atoms with Gasteiger partial charge in [-0.25, -0.2) is 4.98 Å². The number of aromatic nitrogens is 3. The van der Waals surface area contributed by atoms with E-state index < -0.39 is 0 Å². The number of hydrogen-bond donors (Lipinski definition) is 0. The Morgan fingerprint density at radius 1 is 1.24 bits per heavy atom. The maximum Gasteiger partial charge on any atom is 0.146 e. The quantitative estimate of drug-likeness (QED) is 0.686. The second kappa shape index (κ2) is 3.96. The highest BCUT2D eigenvalue weighted by Gasteiger charge is 2.11. The summed E-state index contributed by atoms with van der Waals surface area (Å²) < 4.78 is 2.86. The van der Waals surface area contributed by atoms with Gasteiger partial charge >= 0.3 is 0 Å². The van der Waals surface area contributed by atoms with Crippen molar-refractivity contribution in [3.05, 3.63) is 53.0 Å². The first-order valence-electron chi connectivity index (χ1n) is 5.31. The first-order valence-corrected chi connectivity index (χ1v) is 6.10. The fraction of sp³-hybridized carbons (Fsp3) is 0.0769. The number of rotatable bonds is 1. The zero-order chi connectivity index (χ0) is 11.8. The van der Waals surface area contributed by atoms with Crippen LogP contribution in [0.2, 0.25) is 0 Å². The molecule has 0 saturated heterocycles. The van der Waals surface area contributed by atoms with Gasteiger partial charge in [0.15, 0.2) is 0 Å². The van der Waals surface area contributed by atoms with Gasteiger partial charge in [0.25, 0.3) is 0 Å². The Kier molecular flexibility index (Phi) is 2.44. The number of halogens is 1. The summed E-state index contributed by atoms with van der Waals surface area (Å²) in [6.07, 6.45) is 5.50. The molecule has 3 rings (SSSR count). The van der Waals surface area contributed by atoms with Gasteiger partial charge in [0.1, 0.15) is 10.4 Å². The van der Waals surface area contributed by atoms with E-state index >= 15 is 0 Å². The van der Waals surface area contributed by atoms with Crippen LogP contribution in [0.15, 0.2) is 47.5 Å². The molecule has 0 aliphatic heterocycles. The lowest BCUT2D eigenvalue weighted by Gasteiger charge is -2.03. The van der Waals surface area contributed by atoms with Crippen LogP contribution in [-0.2, 0) is 0 Å². The van der Waals surface area contributed by atoms with Crippen molar-refractivity contribution in [1.29, 1.82) is 0 Å². The van der Waals surface area contributed by atoms with E-state index in [1.165, 1.54) is 5.56 Å². The van der Waals surface area contributed by atoms with Crippen LogP contribution in [0.5, 0.6) is 0 Å². The third kappa shape index (κ3) is 1.65. The van der Waals surface area contributed by atoms with Crippen LogP contribution in [0.1, 0.15) is 5.56 Å². The van der Waals surface area contributed by atoms with Crippen molar-refractivity contribution >= 4 is 21.4 Å². The Morgan fingerprint density at radius 2 is 2.06 bits per heavy atom. The minimum absolute atomic E-state index is 0.823. The predicted octanol–water partition coefficient (Wildman–Crippen LogP) is 3.47. The number of imidazole rings is 1. The van der Waals surface area contributed by atoms with Crippen LogP contribution >= 0.6 is 15.9 Å². The number of nitrogens with zero attached hydrogens (tertiary/aromatic N) is 3. The van der Waals surface area contributed by atoms with Gasteiger partial charge in [-0.2, -0.15) is 0 Å². The molecule has 0 aliphatic rings. The van der Waals surface area contributed by atoms with Crippen LogP contribution in [-0.4, -0.2) is 14.4 Å². The van der Waals surface area contributed by atoms with Crippen LogP contribution < -0.4 is 0 Å². The van der Waals surface area contributed by atoms with Gasteiger partial charge in [0.05, 0.1) is 11.7 Å². The van der Waals surface area contributed by atoms with Gasteiger partial charge in [-0.15, -0.1) is 0 Å². The van der Waals surface area contributed by atoms with E-state index in [0.717, 1.165) is 21.5 Å². The molecule has 0 spiro atoms. The zero-order valence-electron chi connectivity index (χ0n) is 9.26. The summed E-state index contributed by atoms with van der Waals surface area (Å²) in [5.74, 6) is 0.937. The van der Waals surface area contributed by atoms with Gasteiger partial charge in [0, 0.05) is 18.0 Å². The van der Waals surface area contributed by atoms with E-state index in [-0.39, 0.29) is 0 Å². The summed E-state index contributed by atoms with van der Waals surface area (Å²) in [7, 11) is 0. The Morgan fingerprint density at radius 3 is 2.88 bits per heavy atom. The van der Waals surface area contributed by atoms with Gasteiger partial charge in [0.2, 0.25) is 0 Å². The normalized spacial score (nSPS) is 10.9. The van der Waals surface area contributed by atoms with Gasteiger partial charge in [-0.1, -0.05) is 24.3 Å². The van der Waals surface area contributed by atoms with Crippen molar-refractivity contribution in [3.63, 3.8) is 0 Å². The SMILES string of the molecule is Cc1ccccc1-c1nc(Br)c2cnccn12. The minimum Gasteiger partial charge on any atom is -0.296 e. The molecule has 3 nitrogen and oxygen atoms in total. The predicted molar refractivity (Wildman–Crippen MR) is 70.9 cm³/mol. The molecule has 4 heteroatoms. The second-order valence-corrected chi connectivity index (χ2v) is 4.62. The van der Waals surface area contributed by atoms with Crippen molar-refractivity contribution in [1.82, 2.24) is 14.4 Å². The fourth-order valence-electron chi connectivity index (χ4n) is 1.92. The maximum atomic E-state index is 4.56. The van der Waals surface area contributed by atoms with Crippen molar-refractivity contribution in [2.75, 3.05) is 0 Å². The molecular weight excluding hydrogens is 278 g/mol. The van der Waals surface area contributed by atoms with Crippen molar-refractivity contribution < 1.29 is 0 Å². The molecule has 2 heterocycles. The van der Waals surface area contributed by atoms with Gasteiger partial charge in [-0.05, 0) is 28.4 Å². The largest absolute Gasteiger partial charge is 0.296 e. The third-order valence-electron chi connectivity index (χ3n) is 2.79. The van der Waals surface area contributed by atoms with E-state index in [4.69, 9.17) is 0 Å². The average Bonchev–Trinajstić information content (AvgIpc) is 2.68. The Balaban J connectivity index is 2.35. The summed E-state index contributed by atoms with van der Waals surface area (Å²) in [6, 6.07) is 8.23. The van der Waals surface area contributed by atoms with E-state index in [1.807, 2.05) is 22.7 Å². The van der Waals surface area contributed by atoms with Crippen LogP contribution in [0.3, 0.4) is 0 Å². The number of fused-ring (bicyclic) bond motifs is 1. The molecule has 0 saturated carbocycles. The molecule has 0 amide bonds. The van der Waals surface area contributed by atoms with Gasteiger partial charge < -0.3 is 0 Å². The highest BCUT2D eigenvalue weighted by atomic mass is 79.9. The maximum absolute atomic E-state index is 4.56. The molecule has 2 aromatic heterocycles. The monoisotopic (exact) mass is 287 g/mol. The van der Waals surface area contributed by atoms with Crippen molar-refractivity contribution in [2.45, 2.75) is 6.92 Å². The van der Waals surface area contributed by atoms with Crippen molar-refractivity contribution in [3.8, 4) is 11.4 Å². The summed E-state index contributed by atoms with van der Waals surface area (Å²) in [5.41, 5.74) is 3.33. The van der Waals surface area contributed by atoms with E-state index in [9.17, 15) is 0 Å². The van der Waals surface area contributed by atoms with Crippen LogP contribution in [0, 0.1) is 6.92 Å². The first kappa shape index (κ1) is 10.5. The molecule has 1 aromatic carbocycles. The molecule has 17 heavy (non-hydrogen) atoms. The average molecular weight is 288 g/mol. The standard InChI is InChI=1S/C13H10BrN3/c1-9-4-2-3-5-10(9)13-16-12(14)11-8-15-6-7-17(11)13/h2-8H,1H3. The number of benzene rings is 1. The fourth-order valence-corrected chi connectivity index (χ4v) is 2.38. The molecule has 3 aromatic rings. The van der Waals surface area contributed by atoms with Gasteiger partial charge in [-0.3, -0.25) is 9.38 Å². The highest BCUT2D eigenvalue weighted by Crippen LogP contribution is 2.27. The molecule has 0 radical (unpaired) electrons. The lowest BCUT2D eigenvalue weighted by molar-refractivity contribution is 1.12. The Labute approximate surface area is 107 Å². The Hall–Kier alpha value is -1.68. The first-order chi connectivity index (χ1) is 8.27. The summed E-state index contributed by atoms with van der Waals surface area (Å²) in [5, 5.41) is 0. The second-order valence-electron chi connectivity index (χ2n) is 3.87. The summed E-state index contributed by atoms with van der Waals surface area (Å²) in [4.78, 5) is 8.67. The topological polar surface area (TPSA) is 30.2 Å². The van der Waals surface area contributed by atoms with E-state index in [1.54, 1.807) is 12.4 Å². The minimum atomic E-state index is 0.823. The summed E-state index contributed by atoms with van der Waals surface area (Å²) in [6.45, 7) is 2.09. The number of hydrogen-bond acceptors (Lipinski definition) is 2. The molecule has 84 valence electrons. The van der Waals surface area contributed by atoms with Crippen LogP contribution in [0.25, 0.3) is 16.9 Å².